The first-order valence-electron chi connectivity index (χ1n) is 12.5. The molecule has 8 nitrogen and oxygen atoms in total. The van der Waals surface area contributed by atoms with Gasteiger partial charge in [-0.2, -0.15) is 18.3 Å². The number of alkyl halides is 3. The van der Waals surface area contributed by atoms with Gasteiger partial charge in [0.2, 0.25) is 0 Å². The lowest BCUT2D eigenvalue weighted by Crippen LogP contribution is -2.52. The Labute approximate surface area is 222 Å². The van der Waals surface area contributed by atoms with Crippen molar-refractivity contribution < 1.29 is 36.6 Å². The molecule has 0 radical (unpaired) electrons. The fourth-order valence-corrected chi connectivity index (χ4v) is 5.57. The van der Waals surface area contributed by atoms with Crippen LogP contribution in [0.5, 0.6) is 5.75 Å². The van der Waals surface area contributed by atoms with E-state index in [1.54, 1.807) is 24.3 Å². The van der Waals surface area contributed by atoms with Gasteiger partial charge in [0.15, 0.2) is 0 Å². The summed E-state index contributed by atoms with van der Waals surface area (Å²) in [6.07, 6.45) is -0.977. The number of carbonyl (C=O) groups excluding carboxylic acids is 1. The molecule has 1 fully saturated rings. The number of methoxy groups -OCH3 is 1. The van der Waals surface area contributed by atoms with E-state index in [0.717, 1.165) is 16.9 Å². The lowest BCUT2D eigenvalue weighted by molar-refractivity contribution is -0.259. The molecule has 0 saturated heterocycles. The van der Waals surface area contributed by atoms with Crippen LogP contribution in [-0.2, 0) is 14.3 Å². The van der Waals surface area contributed by atoms with Crippen LogP contribution in [0.15, 0.2) is 53.6 Å². The Morgan fingerprint density at radius 2 is 1.95 bits per heavy atom. The van der Waals surface area contributed by atoms with Crippen molar-refractivity contribution in [2.75, 3.05) is 18.7 Å². The minimum absolute atomic E-state index is 0.0431. The number of esters is 1. The number of carbonyl (C=O) groups is 1. The normalized spacial score (nSPS) is 24.9. The Kier molecular flexibility index (Phi) is 7.02. The third kappa shape index (κ3) is 5.06. The molecule has 0 bridgehead atoms. The van der Waals surface area contributed by atoms with Crippen LogP contribution in [0, 0.1) is 11.7 Å². The molecule has 2 aliphatic heterocycles. The van der Waals surface area contributed by atoms with Crippen LogP contribution in [-0.4, -0.2) is 49.1 Å². The highest BCUT2D eigenvalue weighted by Gasteiger charge is 2.54. The van der Waals surface area contributed by atoms with Gasteiger partial charge in [0, 0.05) is 11.5 Å². The van der Waals surface area contributed by atoms with E-state index in [4.69, 9.17) is 14.2 Å². The Hall–Kier alpha value is -3.64. The molecule has 12 heteroatoms. The second-order valence-corrected chi connectivity index (χ2v) is 9.93. The molecular weight excluding hydrogens is 520 g/mol. The van der Waals surface area contributed by atoms with Crippen LogP contribution < -0.4 is 15.3 Å². The van der Waals surface area contributed by atoms with Crippen LogP contribution in [0.3, 0.4) is 0 Å². The fourth-order valence-electron chi connectivity index (χ4n) is 5.57. The first kappa shape index (κ1) is 26.9. The molecular formula is C27H28F4N4O4. The van der Waals surface area contributed by atoms with E-state index in [2.05, 4.69) is 5.10 Å². The number of nitrogens with zero attached hydrogens (tertiary/aromatic N) is 3. The maximum atomic E-state index is 13.7. The average Bonchev–Trinajstić information content (AvgIpc) is 3.63. The number of hydrogen-bond donors (Lipinski definition) is 1. The molecule has 39 heavy (non-hydrogen) atoms. The van der Waals surface area contributed by atoms with Crippen molar-refractivity contribution in [3.8, 4) is 5.75 Å². The van der Waals surface area contributed by atoms with Gasteiger partial charge in [-0.3, -0.25) is 4.79 Å². The Balaban J connectivity index is 1.57. The molecule has 3 aliphatic rings. The predicted molar refractivity (Wildman–Crippen MR) is 135 cm³/mol. The Morgan fingerprint density at radius 1 is 1.21 bits per heavy atom. The molecule has 0 amide bonds. The van der Waals surface area contributed by atoms with Crippen LogP contribution >= 0.6 is 0 Å². The summed E-state index contributed by atoms with van der Waals surface area (Å²) in [5, 5.41) is 4.35. The molecule has 5 rings (SSSR count). The lowest BCUT2D eigenvalue weighted by atomic mass is 9.79. The van der Waals surface area contributed by atoms with E-state index < -0.39 is 29.6 Å². The monoisotopic (exact) mass is 548 g/mol. The van der Waals surface area contributed by atoms with Crippen LogP contribution in [0.1, 0.15) is 43.7 Å². The smallest absolute Gasteiger partial charge is 0.490 e. The van der Waals surface area contributed by atoms with Crippen molar-refractivity contribution in [1.29, 1.82) is 0 Å². The number of hydrazine groups is 2. The number of hydrogen-bond acceptors (Lipinski definition) is 8. The molecule has 1 aliphatic carbocycles. The van der Waals surface area contributed by atoms with Crippen LogP contribution in [0.25, 0.3) is 5.57 Å². The molecule has 3 atom stereocenters. The van der Waals surface area contributed by atoms with E-state index >= 15 is 0 Å². The van der Waals surface area contributed by atoms with Gasteiger partial charge in [0.25, 0.3) is 0 Å². The van der Waals surface area contributed by atoms with Gasteiger partial charge >= 0.3 is 12.3 Å². The molecule has 0 aromatic heterocycles. The van der Waals surface area contributed by atoms with Crippen molar-refractivity contribution in [3.05, 3.63) is 65.5 Å². The van der Waals surface area contributed by atoms with E-state index in [0.29, 0.717) is 29.7 Å². The third-order valence-electron chi connectivity index (χ3n) is 7.13. The van der Waals surface area contributed by atoms with Crippen LogP contribution in [0.4, 0.5) is 23.2 Å². The van der Waals surface area contributed by atoms with Crippen molar-refractivity contribution in [2.24, 2.45) is 11.0 Å². The minimum Gasteiger partial charge on any atom is -0.490 e. The highest BCUT2D eigenvalue weighted by atomic mass is 19.4. The molecule has 0 unspecified atom stereocenters. The molecule has 2 aromatic carbocycles. The van der Waals surface area contributed by atoms with E-state index in [1.165, 1.54) is 25.3 Å². The molecule has 1 saturated carbocycles. The lowest BCUT2D eigenvalue weighted by Gasteiger charge is -2.31. The van der Waals surface area contributed by atoms with Gasteiger partial charge < -0.3 is 14.2 Å². The van der Waals surface area contributed by atoms with Gasteiger partial charge in [-0.25, -0.2) is 14.9 Å². The van der Waals surface area contributed by atoms with Gasteiger partial charge in [-0.1, -0.05) is 12.1 Å². The summed E-state index contributed by atoms with van der Waals surface area (Å²) in [5.41, 5.74) is 3.22. The maximum Gasteiger partial charge on any atom is 0.497 e. The second-order valence-electron chi connectivity index (χ2n) is 9.93. The van der Waals surface area contributed by atoms with Crippen molar-refractivity contribution >= 4 is 23.6 Å². The van der Waals surface area contributed by atoms with Crippen molar-refractivity contribution in [2.45, 2.75) is 50.6 Å². The number of rotatable bonds is 6. The minimum atomic E-state index is -4.72. The number of halogens is 4. The molecule has 1 N–H and O–H groups in total. The summed E-state index contributed by atoms with van der Waals surface area (Å²) in [5.74, 6) is -1.27. The Bertz CT molecular complexity index is 1300. The zero-order chi connectivity index (χ0) is 27.9. The summed E-state index contributed by atoms with van der Waals surface area (Å²) in [4.78, 5) is 12.7. The number of anilines is 1. The average molecular weight is 549 g/mol. The molecule has 2 aromatic rings. The number of nitrogens with one attached hydrogen (secondary N) is 1. The van der Waals surface area contributed by atoms with E-state index in [9.17, 15) is 22.4 Å². The Morgan fingerprint density at radius 3 is 2.62 bits per heavy atom. The van der Waals surface area contributed by atoms with Gasteiger partial charge in [-0.05, 0) is 79.4 Å². The molecule has 2 heterocycles. The van der Waals surface area contributed by atoms with E-state index in [1.807, 2.05) is 25.5 Å². The van der Waals surface area contributed by atoms with E-state index in [-0.39, 0.29) is 29.5 Å². The summed E-state index contributed by atoms with van der Waals surface area (Å²) >= 11 is 0. The highest BCUT2D eigenvalue weighted by molar-refractivity contribution is 5.83. The SMILES string of the molecule is COC(=O)[C@H]1CC[C@@]2(C=C(c3cc(N4C=NNN4C(F)(F)F)ccc3OC(C)C)CO2)[C@@H]1c1ccc(F)cc1. The first-order valence-corrected chi connectivity index (χ1v) is 12.5. The van der Waals surface area contributed by atoms with Gasteiger partial charge in [0.1, 0.15) is 17.9 Å². The molecule has 208 valence electrons. The topological polar surface area (TPSA) is 75.6 Å². The van der Waals surface area contributed by atoms with Crippen LogP contribution in [0.2, 0.25) is 0 Å². The highest BCUT2D eigenvalue weighted by Crippen LogP contribution is 2.54. The van der Waals surface area contributed by atoms with Gasteiger partial charge in [0.05, 0.1) is 37.0 Å². The first-order chi connectivity index (χ1) is 18.5. The number of benzene rings is 2. The second kappa shape index (κ2) is 10.2. The summed E-state index contributed by atoms with van der Waals surface area (Å²) in [6.45, 7) is 3.84. The fraction of sp³-hybridized carbons (Fsp3) is 0.407. The largest absolute Gasteiger partial charge is 0.497 e. The summed E-state index contributed by atoms with van der Waals surface area (Å²) in [6, 6.07) is 10.7. The summed E-state index contributed by atoms with van der Waals surface area (Å²) in [7, 11) is 1.33. The number of hydrazone groups is 1. The standard InChI is InChI=1S/C27H28F4N4O4/c1-16(2)39-23-9-8-20(34-15-32-33-35(34)27(29,30)31)12-22(23)18-13-26(38-14-18)11-10-21(25(36)37-3)24(26)17-4-6-19(28)7-5-17/h4-9,12-13,15-16,21,24,33H,10-11,14H2,1-3H3/t21-,24+,26+/m0/s1. The number of ether oxygens (including phenoxy) is 3. The maximum absolute atomic E-state index is 13.7. The zero-order valence-corrected chi connectivity index (χ0v) is 21.5. The quantitative estimate of drug-likeness (QED) is 0.305. The summed E-state index contributed by atoms with van der Waals surface area (Å²) < 4.78 is 71.8. The third-order valence-corrected chi connectivity index (χ3v) is 7.13. The molecule has 1 spiro atoms. The van der Waals surface area contributed by atoms with Crippen molar-refractivity contribution in [1.82, 2.24) is 10.7 Å². The van der Waals surface area contributed by atoms with Gasteiger partial charge in [-0.15, -0.1) is 0 Å². The van der Waals surface area contributed by atoms with Crippen molar-refractivity contribution in [3.63, 3.8) is 0 Å². The zero-order valence-electron chi connectivity index (χ0n) is 21.5. The predicted octanol–water partition coefficient (Wildman–Crippen LogP) is 5.14.